The number of halogens is 3. The van der Waals surface area contributed by atoms with Crippen LogP contribution in [0.1, 0.15) is 16.7 Å². The zero-order valence-electron chi connectivity index (χ0n) is 15.5. The maximum atomic E-state index is 12.8. The second-order valence-electron chi connectivity index (χ2n) is 5.81. The Morgan fingerprint density at radius 3 is 2.04 bits per heavy atom. The summed E-state index contributed by atoms with van der Waals surface area (Å²) in [6, 6.07) is 7.36. The fraction of sp³-hybridized carbons (Fsp3) is 0.333. The lowest BCUT2D eigenvalue weighted by Gasteiger charge is -2.14. The Bertz CT molecular complexity index is 904. The monoisotopic (exact) mass is 419 g/mol. The predicted octanol–water partition coefficient (Wildman–Crippen LogP) is 3.35. The van der Waals surface area contributed by atoms with E-state index in [1.807, 2.05) is 0 Å². The van der Waals surface area contributed by atoms with Gasteiger partial charge in [0.25, 0.3) is 0 Å². The highest BCUT2D eigenvalue weighted by Crippen LogP contribution is 2.38. The lowest BCUT2D eigenvalue weighted by Crippen LogP contribution is -2.25. The van der Waals surface area contributed by atoms with Crippen molar-refractivity contribution in [3.63, 3.8) is 0 Å². The summed E-state index contributed by atoms with van der Waals surface area (Å²) in [5.41, 5.74) is -0.334. The quantitative estimate of drug-likeness (QED) is 0.710. The SMILES string of the molecule is COc1cc(CNS(=O)(=O)Cc2cccc(C(F)(F)F)c2)cc(OC)c1OC. The number of ether oxygens (including phenoxy) is 3. The smallest absolute Gasteiger partial charge is 0.416 e. The van der Waals surface area contributed by atoms with Crippen LogP contribution in [-0.4, -0.2) is 29.7 Å². The van der Waals surface area contributed by atoms with Crippen LogP contribution in [0.2, 0.25) is 0 Å². The molecule has 10 heteroatoms. The van der Waals surface area contributed by atoms with E-state index in [0.29, 0.717) is 22.8 Å². The Hall–Kier alpha value is -2.46. The van der Waals surface area contributed by atoms with Crippen LogP contribution in [0.4, 0.5) is 13.2 Å². The van der Waals surface area contributed by atoms with Crippen molar-refractivity contribution in [1.29, 1.82) is 0 Å². The van der Waals surface area contributed by atoms with Gasteiger partial charge >= 0.3 is 6.18 Å². The number of benzene rings is 2. The summed E-state index contributed by atoms with van der Waals surface area (Å²) in [5.74, 6) is 0.491. The lowest BCUT2D eigenvalue weighted by molar-refractivity contribution is -0.137. The molecule has 2 aromatic rings. The minimum Gasteiger partial charge on any atom is -0.493 e. The standard InChI is InChI=1S/C18H20F3NO5S/c1-25-15-8-13(9-16(26-2)17(15)27-3)10-22-28(23,24)11-12-5-4-6-14(7-12)18(19,20)21/h4-9,22H,10-11H2,1-3H3. The Morgan fingerprint density at radius 1 is 0.929 bits per heavy atom. The number of rotatable bonds is 8. The molecule has 6 nitrogen and oxygen atoms in total. The number of nitrogens with one attached hydrogen (secondary N) is 1. The van der Waals surface area contributed by atoms with Crippen LogP contribution in [0.25, 0.3) is 0 Å². The van der Waals surface area contributed by atoms with Crippen molar-refractivity contribution in [2.45, 2.75) is 18.5 Å². The molecule has 0 spiro atoms. The summed E-state index contributed by atoms with van der Waals surface area (Å²) in [6.45, 7) is -0.0992. The van der Waals surface area contributed by atoms with Gasteiger partial charge in [0, 0.05) is 6.54 Å². The van der Waals surface area contributed by atoms with Gasteiger partial charge in [-0.15, -0.1) is 0 Å². The number of hydrogen-bond donors (Lipinski definition) is 1. The summed E-state index contributed by atoms with van der Waals surface area (Å²) in [4.78, 5) is 0. The topological polar surface area (TPSA) is 73.9 Å². The molecule has 0 heterocycles. The van der Waals surface area contributed by atoms with E-state index >= 15 is 0 Å². The first-order chi connectivity index (χ1) is 13.1. The molecule has 0 bridgehead atoms. The summed E-state index contributed by atoms with van der Waals surface area (Å²) < 4.78 is 80.9. The molecule has 0 aromatic heterocycles. The summed E-state index contributed by atoms with van der Waals surface area (Å²) in [5, 5.41) is 0. The zero-order valence-corrected chi connectivity index (χ0v) is 16.3. The Labute approximate surface area is 161 Å². The van der Waals surface area contributed by atoms with Gasteiger partial charge in [-0.2, -0.15) is 13.2 Å². The summed E-state index contributed by atoms with van der Waals surface area (Å²) in [7, 11) is 0.421. The van der Waals surface area contributed by atoms with Crippen molar-refractivity contribution >= 4 is 10.0 Å². The molecule has 28 heavy (non-hydrogen) atoms. The van der Waals surface area contributed by atoms with Crippen LogP contribution in [0.15, 0.2) is 36.4 Å². The Balaban J connectivity index is 2.16. The molecule has 154 valence electrons. The molecule has 0 radical (unpaired) electrons. The number of methoxy groups -OCH3 is 3. The van der Waals surface area contributed by atoms with Crippen molar-refractivity contribution in [3.05, 3.63) is 53.1 Å². The van der Waals surface area contributed by atoms with Gasteiger partial charge in [-0.05, 0) is 29.3 Å². The molecular weight excluding hydrogens is 399 g/mol. The van der Waals surface area contributed by atoms with Crippen LogP contribution >= 0.6 is 0 Å². The minimum absolute atomic E-state index is 0.0345. The first-order valence-electron chi connectivity index (χ1n) is 8.02. The van der Waals surface area contributed by atoms with Gasteiger partial charge in [0.15, 0.2) is 11.5 Å². The molecular formula is C18H20F3NO5S. The van der Waals surface area contributed by atoms with Gasteiger partial charge in [-0.3, -0.25) is 0 Å². The first-order valence-corrected chi connectivity index (χ1v) is 9.67. The average molecular weight is 419 g/mol. The van der Waals surface area contributed by atoms with E-state index in [4.69, 9.17) is 14.2 Å². The second kappa shape index (κ2) is 8.70. The van der Waals surface area contributed by atoms with Crippen molar-refractivity contribution in [2.24, 2.45) is 0 Å². The third kappa shape index (κ3) is 5.52. The average Bonchev–Trinajstić information content (AvgIpc) is 2.64. The van der Waals surface area contributed by atoms with Gasteiger partial charge in [-0.25, -0.2) is 13.1 Å². The van der Waals surface area contributed by atoms with E-state index in [1.54, 1.807) is 12.1 Å². The molecule has 1 N–H and O–H groups in total. The molecule has 2 aromatic carbocycles. The van der Waals surface area contributed by atoms with Gasteiger partial charge in [0.05, 0.1) is 32.6 Å². The highest BCUT2D eigenvalue weighted by molar-refractivity contribution is 7.88. The highest BCUT2D eigenvalue weighted by Gasteiger charge is 2.30. The highest BCUT2D eigenvalue weighted by atomic mass is 32.2. The molecule has 0 saturated heterocycles. The van der Waals surface area contributed by atoms with Crippen LogP contribution in [0.3, 0.4) is 0 Å². The molecule has 0 fully saturated rings. The zero-order chi connectivity index (χ0) is 20.9. The van der Waals surface area contributed by atoms with Crippen molar-refractivity contribution in [1.82, 2.24) is 4.72 Å². The fourth-order valence-electron chi connectivity index (χ4n) is 2.54. The largest absolute Gasteiger partial charge is 0.493 e. The van der Waals surface area contributed by atoms with Crippen LogP contribution in [-0.2, 0) is 28.5 Å². The van der Waals surface area contributed by atoms with E-state index in [1.165, 1.54) is 33.5 Å². The van der Waals surface area contributed by atoms with E-state index in [0.717, 1.165) is 12.1 Å². The van der Waals surface area contributed by atoms with Crippen LogP contribution < -0.4 is 18.9 Å². The Kier molecular flexibility index (Phi) is 6.78. The van der Waals surface area contributed by atoms with Crippen molar-refractivity contribution in [2.75, 3.05) is 21.3 Å². The summed E-state index contributed by atoms with van der Waals surface area (Å²) >= 11 is 0. The molecule has 0 unspecified atom stereocenters. The van der Waals surface area contributed by atoms with Gasteiger partial charge in [0.1, 0.15) is 0 Å². The van der Waals surface area contributed by atoms with E-state index in [9.17, 15) is 21.6 Å². The molecule has 0 aliphatic rings. The fourth-order valence-corrected chi connectivity index (χ4v) is 3.65. The third-order valence-electron chi connectivity index (χ3n) is 3.83. The summed E-state index contributed by atoms with van der Waals surface area (Å²) in [6.07, 6.45) is -4.54. The van der Waals surface area contributed by atoms with E-state index < -0.39 is 27.5 Å². The van der Waals surface area contributed by atoms with E-state index in [-0.39, 0.29) is 12.1 Å². The third-order valence-corrected chi connectivity index (χ3v) is 5.13. The van der Waals surface area contributed by atoms with Crippen molar-refractivity contribution in [3.8, 4) is 17.2 Å². The van der Waals surface area contributed by atoms with Gasteiger partial charge in [-0.1, -0.05) is 18.2 Å². The Morgan fingerprint density at radius 2 is 1.54 bits per heavy atom. The molecule has 0 amide bonds. The first kappa shape index (κ1) is 21.8. The number of hydrogen-bond acceptors (Lipinski definition) is 5. The normalized spacial score (nSPS) is 11.9. The molecule has 0 aliphatic carbocycles. The number of alkyl halides is 3. The minimum atomic E-state index is -4.54. The van der Waals surface area contributed by atoms with Gasteiger partial charge in [0.2, 0.25) is 15.8 Å². The van der Waals surface area contributed by atoms with E-state index in [2.05, 4.69) is 4.72 Å². The van der Waals surface area contributed by atoms with Crippen LogP contribution in [0.5, 0.6) is 17.2 Å². The second-order valence-corrected chi connectivity index (χ2v) is 7.62. The lowest BCUT2D eigenvalue weighted by atomic mass is 10.1. The number of sulfonamides is 1. The van der Waals surface area contributed by atoms with Crippen LogP contribution in [0, 0.1) is 0 Å². The van der Waals surface area contributed by atoms with Crippen molar-refractivity contribution < 1.29 is 35.8 Å². The molecule has 2 rings (SSSR count). The maximum Gasteiger partial charge on any atom is 0.416 e. The predicted molar refractivity (Wildman–Crippen MR) is 97.0 cm³/mol. The molecule has 0 atom stereocenters. The van der Waals surface area contributed by atoms with Gasteiger partial charge < -0.3 is 14.2 Å². The molecule has 0 aliphatic heterocycles. The maximum absolute atomic E-state index is 12.8. The molecule has 0 saturated carbocycles.